The summed E-state index contributed by atoms with van der Waals surface area (Å²) in [5, 5.41) is 15.0. The van der Waals surface area contributed by atoms with E-state index < -0.39 is 11.9 Å². The fraction of sp³-hybridized carbons (Fsp3) is 0.643. The van der Waals surface area contributed by atoms with Crippen LogP contribution in [0.5, 0.6) is 0 Å². The van der Waals surface area contributed by atoms with Crippen LogP contribution in [0.4, 0.5) is 0 Å². The first-order valence-electron chi connectivity index (χ1n) is 6.99. The highest BCUT2D eigenvalue weighted by molar-refractivity contribution is 7.09. The quantitative estimate of drug-likeness (QED) is 0.891. The Labute approximate surface area is 121 Å². The average molecular weight is 294 g/mol. The molecule has 3 rings (SSSR count). The molecule has 2 N–H and O–H groups in total. The van der Waals surface area contributed by atoms with Crippen molar-refractivity contribution < 1.29 is 14.7 Å². The number of carboxylic acid groups (broad SMARTS) is 1. The van der Waals surface area contributed by atoms with E-state index in [4.69, 9.17) is 5.11 Å². The SMILES string of the molecule is Cc1csc(C2(NC(=O)[C@@H]3C[C@@H]3C(=O)O)CCCC2)n1. The fourth-order valence-corrected chi connectivity index (χ4v) is 4.04. The van der Waals surface area contributed by atoms with E-state index in [1.54, 1.807) is 11.3 Å². The standard InChI is InChI=1S/C14H18N2O3S/c1-8-7-20-13(15-8)14(4-2-3-5-14)16-11(17)9-6-10(9)12(18)19/h7,9-10H,2-6H2,1H3,(H,16,17)(H,18,19)/t9-,10+/m1/s1. The summed E-state index contributed by atoms with van der Waals surface area (Å²) in [4.78, 5) is 27.7. The van der Waals surface area contributed by atoms with Gasteiger partial charge in [-0.2, -0.15) is 0 Å². The second-order valence-corrected chi connectivity index (χ2v) is 6.72. The summed E-state index contributed by atoms with van der Waals surface area (Å²) in [7, 11) is 0. The molecule has 0 aliphatic heterocycles. The van der Waals surface area contributed by atoms with Crippen LogP contribution in [0.3, 0.4) is 0 Å². The number of aliphatic carboxylic acids is 1. The van der Waals surface area contributed by atoms with Crippen LogP contribution in [0.25, 0.3) is 0 Å². The first kappa shape index (κ1) is 13.5. The number of rotatable bonds is 4. The van der Waals surface area contributed by atoms with Gasteiger partial charge >= 0.3 is 5.97 Å². The van der Waals surface area contributed by atoms with Gasteiger partial charge in [-0.1, -0.05) is 12.8 Å². The van der Waals surface area contributed by atoms with Crippen molar-refractivity contribution in [1.82, 2.24) is 10.3 Å². The predicted octanol–water partition coefficient (Wildman–Crippen LogP) is 2.06. The molecular formula is C14H18N2O3S. The number of amides is 1. The third-order valence-electron chi connectivity index (χ3n) is 4.29. The molecular weight excluding hydrogens is 276 g/mol. The van der Waals surface area contributed by atoms with Crippen LogP contribution in [-0.4, -0.2) is 22.0 Å². The molecule has 20 heavy (non-hydrogen) atoms. The zero-order valence-corrected chi connectivity index (χ0v) is 12.2. The molecule has 5 nitrogen and oxygen atoms in total. The predicted molar refractivity (Wildman–Crippen MR) is 74.4 cm³/mol. The molecule has 1 heterocycles. The zero-order valence-electron chi connectivity index (χ0n) is 11.4. The molecule has 0 radical (unpaired) electrons. The van der Waals surface area contributed by atoms with Gasteiger partial charge in [-0.05, 0) is 26.2 Å². The van der Waals surface area contributed by atoms with Crippen LogP contribution in [0.2, 0.25) is 0 Å². The molecule has 1 aromatic heterocycles. The number of carbonyl (C=O) groups excluding carboxylic acids is 1. The third kappa shape index (κ3) is 2.32. The van der Waals surface area contributed by atoms with E-state index >= 15 is 0 Å². The molecule has 2 atom stereocenters. The maximum absolute atomic E-state index is 12.3. The molecule has 2 aliphatic carbocycles. The highest BCUT2D eigenvalue weighted by Crippen LogP contribution is 2.43. The minimum Gasteiger partial charge on any atom is -0.481 e. The number of aryl methyl sites for hydroxylation is 1. The number of aromatic nitrogens is 1. The van der Waals surface area contributed by atoms with Gasteiger partial charge in [0.2, 0.25) is 5.91 Å². The summed E-state index contributed by atoms with van der Waals surface area (Å²) in [6.45, 7) is 1.95. The van der Waals surface area contributed by atoms with Gasteiger partial charge in [0.1, 0.15) is 5.01 Å². The summed E-state index contributed by atoms with van der Waals surface area (Å²) in [5.74, 6) is -1.83. The highest BCUT2D eigenvalue weighted by atomic mass is 32.1. The second kappa shape index (κ2) is 4.84. The third-order valence-corrected chi connectivity index (χ3v) is 5.46. The second-order valence-electron chi connectivity index (χ2n) is 5.86. The van der Waals surface area contributed by atoms with Gasteiger partial charge in [0.15, 0.2) is 0 Å². The summed E-state index contributed by atoms with van der Waals surface area (Å²) < 4.78 is 0. The van der Waals surface area contributed by atoms with Crippen molar-refractivity contribution >= 4 is 23.2 Å². The van der Waals surface area contributed by atoms with Crippen LogP contribution >= 0.6 is 11.3 Å². The van der Waals surface area contributed by atoms with Crippen molar-refractivity contribution in [2.45, 2.75) is 44.6 Å². The minimum absolute atomic E-state index is 0.118. The molecule has 1 amide bonds. The summed E-state index contributed by atoms with van der Waals surface area (Å²) in [6, 6.07) is 0. The highest BCUT2D eigenvalue weighted by Gasteiger charge is 2.51. The Morgan fingerprint density at radius 2 is 2.10 bits per heavy atom. The van der Waals surface area contributed by atoms with Crippen molar-refractivity contribution in [1.29, 1.82) is 0 Å². The van der Waals surface area contributed by atoms with E-state index in [9.17, 15) is 9.59 Å². The summed E-state index contributed by atoms with van der Waals surface area (Å²) >= 11 is 1.58. The Balaban J connectivity index is 1.75. The van der Waals surface area contributed by atoms with Crippen molar-refractivity contribution in [2.75, 3.05) is 0 Å². The number of hydrogen-bond donors (Lipinski definition) is 2. The van der Waals surface area contributed by atoms with Crippen molar-refractivity contribution in [3.63, 3.8) is 0 Å². The molecule has 0 bridgehead atoms. The Bertz CT molecular complexity index is 548. The Morgan fingerprint density at radius 1 is 1.40 bits per heavy atom. The summed E-state index contributed by atoms with van der Waals surface area (Å²) in [5.41, 5.74) is 0.613. The lowest BCUT2D eigenvalue weighted by atomic mass is 9.98. The van der Waals surface area contributed by atoms with Crippen LogP contribution in [-0.2, 0) is 15.1 Å². The number of nitrogens with zero attached hydrogens (tertiary/aromatic N) is 1. The van der Waals surface area contributed by atoms with Crippen molar-refractivity contribution in [3.8, 4) is 0 Å². The average Bonchev–Trinajstić information content (AvgIpc) is 2.89. The number of carboxylic acids is 1. The first-order valence-corrected chi connectivity index (χ1v) is 7.87. The van der Waals surface area contributed by atoms with Crippen molar-refractivity contribution in [2.24, 2.45) is 11.8 Å². The topological polar surface area (TPSA) is 79.3 Å². The molecule has 0 aromatic carbocycles. The fourth-order valence-electron chi connectivity index (χ4n) is 3.03. The van der Waals surface area contributed by atoms with E-state index in [1.807, 2.05) is 12.3 Å². The molecule has 6 heteroatoms. The van der Waals surface area contributed by atoms with Gasteiger partial charge in [0, 0.05) is 11.1 Å². The minimum atomic E-state index is -0.865. The largest absolute Gasteiger partial charge is 0.481 e. The number of carbonyl (C=O) groups is 2. The molecule has 0 saturated heterocycles. The number of thiazole rings is 1. The Morgan fingerprint density at radius 3 is 2.60 bits per heavy atom. The summed E-state index contributed by atoms with van der Waals surface area (Å²) in [6.07, 6.45) is 4.41. The van der Waals surface area contributed by atoms with E-state index in [0.29, 0.717) is 6.42 Å². The van der Waals surface area contributed by atoms with Crippen LogP contribution in [0.1, 0.15) is 42.8 Å². The van der Waals surface area contributed by atoms with Crippen LogP contribution in [0, 0.1) is 18.8 Å². The molecule has 0 spiro atoms. The normalized spacial score (nSPS) is 27.2. The molecule has 2 aliphatic rings. The maximum atomic E-state index is 12.3. The van der Waals surface area contributed by atoms with Gasteiger partial charge in [-0.25, -0.2) is 4.98 Å². The lowest BCUT2D eigenvalue weighted by molar-refractivity contribution is -0.140. The lowest BCUT2D eigenvalue weighted by Crippen LogP contribution is -2.44. The van der Waals surface area contributed by atoms with Gasteiger partial charge in [-0.3, -0.25) is 9.59 Å². The number of nitrogens with one attached hydrogen (secondary N) is 1. The molecule has 0 unspecified atom stereocenters. The number of hydrogen-bond acceptors (Lipinski definition) is 4. The Hall–Kier alpha value is -1.43. The van der Waals surface area contributed by atoms with Crippen molar-refractivity contribution in [3.05, 3.63) is 16.1 Å². The van der Waals surface area contributed by atoms with Gasteiger partial charge < -0.3 is 10.4 Å². The molecule has 1 aromatic rings. The van der Waals surface area contributed by atoms with Crippen LogP contribution < -0.4 is 5.32 Å². The lowest BCUT2D eigenvalue weighted by Gasteiger charge is -2.28. The van der Waals surface area contributed by atoms with E-state index in [0.717, 1.165) is 36.4 Å². The van der Waals surface area contributed by atoms with Gasteiger partial charge in [0.25, 0.3) is 0 Å². The molecule has 2 fully saturated rings. The molecule has 108 valence electrons. The van der Waals surface area contributed by atoms with E-state index in [1.165, 1.54) is 0 Å². The maximum Gasteiger partial charge on any atom is 0.307 e. The van der Waals surface area contributed by atoms with E-state index in [-0.39, 0.29) is 17.4 Å². The smallest absolute Gasteiger partial charge is 0.307 e. The molecule has 2 saturated carbocycles. The first-order chi connectivity index (χ1) is 9.52. The zero-order chi connectivity index (χ0) is 14.3. The van der Waals surface area contributed by atoms with Crippen LogP contribution in [0.15, 0.2) is 5.38 Å². The van der Waals surface area contributed by atoms with E-state index in [2.05, 4.69) is 10.3 Å². The Kier molecular flexibility index (Phi) is 3.28. The monoisotopic (exact) mass is 294 g/mol. The van der Waals surface area contributed by atoms with Gasteiger partial charge in [0.05, 0.1) is 17.4 Å². The van der Waals surface area contributed by atoms with Gasteiger partial charge in [-0.15, -0.1) is 11.3 Å².